The Bertz CT molecular complexity index is 269. The summed E-state index contributed by atoms with van der Waals surface area (Å²) in [5, 5.41) is 2.83. The first kappa shape index (κ1) is 10.3. The lowest BCUT2D eigenvalue weighted by Crippen LogP contribution is -2.57. The summed E-state index contributed by atoms with van der Waals surface area (Å²) in [6.45, 7) is 8.66. The molecule has 2 atom stereocenters. The van der Waals surface area contributed by atoms with Crippen LogP contribution in [0.25, 0.3) is 0 Å². The molecular formula is C10H17NOSi. The molecule has 1 fully saturated rings. The van der Waals surface area contributed by atoms with Crippen LogP contribution in [0.2, 0.25) is 19.6 Å². The molecule has 1 heterocycles. The Kier molecular flexibility index (Phi) is 2.82. The molecule has 0 aliphatic carbocycles. The average molecular weight is 195 g/mol. The van der Waals surface area contributed by atoms with E-state index in [1.165, 1.54) is 0 Å². The first-order chi connectivity index (χ1) is 5.94. The minimum atomic E-state index is -1.28. The van der Waals surface area contributed by atoms with E-state index in [9.17, 15) is 4.79 Å². The van der Waals surface area contributed by atoms with Crippen molar-refractivity contribution in [1.29, 1.82) is 0 Å². The van der Waals surface area contributed by atoms with Crippen molar-refractivity contribution in [3.05, 3.63) is 0 Å². The maximum atomic E-state index is 11.0. The summed E-state index contributed by atoms with van der Waals surface area (Å²) < 4.78 is 0. The van der Waals surface area contributed by atoms with Crippen molar-refractivity contribution >= 4 is 14.0 Å². The Balaban J connectivity index is 2.56. The molecule has 1 aliphatic heterocycles. The van der Waals surface area contributed by atoms with Gasteiger partial charge in [0.1, 0.15) is 14.1 Å². The molecule has 0 bridgehead atoms. The quantitative estimate of drug-likeness (QED) is 0.382. The summed E-state index contributed by atoms with van der Waals surface area (Å²) in [6.07, 6.45) is 0.900. The Morgan fingerprint density at radius 3 is 2.46 bits per heavy atom. The van der Waals surface area contributed by atoms with Gasteiger partial charge in [0.2, 0.25) is 5.91 Å². The van der Waals surface area contributed by atoms with Gasteiger partial charge in [0.15, 0.2) is 0 Å². The van der Waals surface area contributed by atoms with Crippen molar-refractivity contribution < 1.29 is 4.79 Å². The molecule has 0 spiro atoms. The Hall–Kier alpha value is -0.753. The number of hydrogen-bond acceptors (Lipinski definition) is 1. The topological polar surface area (TPSA) is 29.1 Å². The highest BCUT2D eigenvalue weighted by Crippen LogP contribution is 2.17. The highest BCUT2D eigenvalue weighted by Gasteiger charge is 2.36. The maximum absolute atomic E-state index is 11.0. The Morgan fingerprint density at radius 1 is 1.46 bits per heavy atom. The summed E-state index contributed by atoms with van der Waals surface area (Å²) in [5.41, 5.74) is 3.28. The van der Waals surface area contributed by atoms with Crippen molar-refractivity contribution in [1.82, 2.24) is 5.32 Å². The predicted molar refractivity (Wildman–Crippen MR) is 56.8 cm³/mol. The van der Waals surface area contributed by atoms with Gasteiger partial charge in [0.05, 0.1) is 5.92 Å². The molecule has 2 nitrogen and oxygen atoms in total. The molecule has 0 aromatic rings. The van der Waals surface area contributed by atoms with Crippen molar-refractivity contribution in [2.75, 3.05) is 0 Å². The first-order valence-corrected chi connectivity index (χ1v) is 8.27. The molecule has 0 saturated carbocycles. The third kappa shape index (κ3) is 2.60. The van der Waals surface area contributed by atoms with Crippen LogP contribution < -0.4 is 5.32 Å². The van der Waals surface area contributed by atoms with Gasteiger partial charge in [-0.15, -0.1) is 5.54 Å². The zero-order valence-corrected chi connectivity index (χ0v) is 9.77. The molecule has 1 saturated heterocycles. The van der Waals surface area contributed by atoms with Gasteiger partial charge in [-0.25, -0.2) is 0 Å². The summed E-state index contributed by atoms with van der Waals surface area (Å²) in [5.74, 6) is 3.48. The minimum absolute atomic E-state index is 0.129. The zero-order chi connectivity index (χ0) is 10.1. The molecule has 0 aromatic carbocycles. The molecule has 1 N–H and O–H groups in total. The molecule has 0 aromatic heterocycles. The summed E-state index contributed by atoms with van der Waals surface area (Å²) >= 11 is 0. The van der Waals surface area contributed by atoms with Crippen LogP contribution in [0.15, 0.2) is 0 Å². The Morgan fingerprint density at radius 2 is 2.08 bits per heavy atom. The van der Waals surface area contributed by atoms with E-state index in [1.54, 1.807) is 0 Å². The van der Waals surface area contributed by atoms with Gasteiger partial charge in [-0.1, -0.05) is 32.5 Å². The fourth-order valence-electron chi connectivity index (χ4n) is 1.27. The fraction of sp³-hybridized carbons (Fsp3) is 0.700. The van der Waals surface area contributed by atoms with E-state index in [1.807, 2.05) is 6.92 Å². The van der Waals surface area contributed by atoms with Crippen molar-refractivity contribution in [3.63, 3.8) is 0 Å². The Labute approximate surface area is 81.1 Å². The van der Waals surface area contributed by atoms with Crippen molar-refractivity contribution in [3.8, 4) is 11.5 Å². The molecular weight excluding hydrogens is 178 g/mol. The van der Waals surface area contributed by atoms with Gasteiger partial charge in [-0.05, 0) is 6.42 Å². The molecule has 72 valence electrons. The molecule has 13 heavy (non-hydrogen) atoms. The number of nitrogens with one attached hydrogen (secondary N) is 1. The lowest BCUT2D eigenvalue weighted by atomic mass is 9.89. The van der Waals surface area contributed by atoms with E-state index >= 15 is 0 Å². The number of β-lactam (4-membered cyclic amide) rings is 1. The average Bonchev–Trinajstić information content (AvgIpc) is 1.96. The highest BCUT2D eigenvalue weighted by atomic mass is 28.3. The van der Waals surface area contributed by atoms with E-state index in [2.05, 4.69) is 36.4 Å². The van der Waals surface area contributed by atoms with Crippen LogP contribution in [0, 0.1) is 17.4 Å². The van der Waals surface area contributed by atoms with Gasteiger partial charge in [0.25, 0.3) is 0 Å². The summed E-state index contributed by atoms with van der Waals surface area (Å²) in [7, 11) is -1.28. The van der Waals surface area contributed by atoms with Gasteiger partial charge in [0, 0.05) is 0 Å². The highest BCUT2D eigenvalue weighted by molar-refractivity contribution is 6.83. The number of hydrogen-bond donors (Lipinski definition) is 1. The second-order valence-corrected chi connectivity index (χ2v) is 9.27. The SMILES string of the molecule is CC[C@@H]1C(=O)N[C@@H]1C#C[Si](C)(C)C. The minimum Gasteiger partial charge on any atom is -0.341 e. The van der Waals surface area contributed by atoms with E-state index in [0.717, 1.165) is 6.42 Å². The summed E-state index contributed by atoms with van der Waals surface area (Å²) in [6, 6.07) is 0.129. The predicted octanol–water partition coefficient (Wildman–Crippen LogP) is 1.39. The second-order valence-electron chi connectivity index (χ2n) is 4.52. The zero-order valence-electron chi connectivity index (χ0n) is 8.77. The normalized spacial score (nSPS) is 26.9. The van der Waals surface area contributed by atoms with E-state index in [-0.39, 0.29) is 17.9 Å². The lowest BCUT2D eigenvalue weighted by molar-refractivity contribution is -0.133. The van der Waals surface area contributed by atoms with Crippen LogP contribution in [0.5, 0.6) is 0 Å². The van der Waals surface area contributed by atoms with Crippen LogP contribution >= 0.6 is 0 Å². The third-order valence-corrected chi connectivity index (χ3v) is 2.97. The van der Waals surface area contributed by atoms with Crippen LogP contribution in [-0.4, -0.2) is 20.0 Å². The summed E-state index contributed by atoms with van der Waals surface area (Å²) in [4.78, 5) is 11.0. The third-order valence-electron chi connectivity index (χ3n) is 2.08. The first-order valence-electron chi connectivity index (χ1n) is 4.77. The number of rotatable bonds is 1. The van der Waals surface area contributed by atoms with Crippen LogP contribution in [0.4, 0.5) is 0 Å². The van der Waals surface area contributed by atoms with Crippen LogP contribution in [0.3, 0.4) is 0 Å². The van der Waals surface area contributed by atoms with Gasteiger partial charge in [-0.2, -0.15) is 0 Å². The molecule has 3 heteroatoms. The smallest absolute Gasteiger partial charge is 0.227 e. The van der Waals surface area contributed by atoms with E-state index in [0.29, 0.717) is 0 Å². The monoisotopic (exact) mass is 195 g/mol. The van der Waals surface area contributed by atoms with E-state index < -0.39 is 8.07 Å². The lowest BCUT2D eigenvalue weighted by Gasteiger charge is -2.32. The molecule has 1 aliphatic rings. The van der Waals surface area contributed by atoms with Gasteiger partial charge in [-0.3, -0.25) is 4.79 Å². The fourth-order valence-corrected chi connectivity index (χ4v) is 1.86. The van der Waals surface area contributed by atoms with Crippen LogP contribution in [-0.2, 0) is 4.79 Å². The standard InChI is InChI=1S/C10H17NOSi/c1-5-8-9(11-10(8)12)6-7-13(2,3)4/h8-9H,5H2,1-4H3,(H,11,12)/t8-,9+/m0/s1. The van der Waals surface area contributed by atoms with Crippen molar-refractivity contribution in [2.45, 2.75) is 39.0 Å². The molecule has 1 rings (SSSR count). The van der Waals surface area contributed by atoms with Crippen LogP contribution in [0.1, 0.15) is 13.3 Å². The molecule has 1 amide bonds. The van der Waals surface area contributed by atoms with Gasteiger partial charge >= 0.3 is 0 Å². The number of carbonyl (C=O) groups excluding carboxylic acids is 1. The largest absolute Gasteiger partial charge is 0.341 e. The van der Waals surface area contributed by atoms with Crippen molar-refractivity contribution in [2.24, 2.45) is 5.92 Å². The van der Waals surface area contributed by atoms with E-state index in [4.69, 9.17) is 0 Å². The number of amides is 1. The van der Waals surface area contributed by atoms with Gasteiger partial charge < -0.3 is 5.32 Å². The molecule has 0 radical (unpaired) electrons. The second kappa shape index (κ2) is 3.55. The molecule has 0 unspecified atom stereocenters. The maximum Gasteiger partial charge on any atom is 0.227 e. The number of carbonyl (C=O) groups is 1.